The van der Waals surface area contributed by atoms with E-state index in [1.54, 1.807) is 31.2 Å². The first-order valence-electron chi connectivity index (χ1n) is 8.68. The molecule has 0 spiro atoms. The van der Waals surface area contributed by atoms with Crippen molar-refractivity contribution in [3.8, 4) is 11.5 Å². The van der Waals surface area contributed by atoms with Crippen molar-refractivity contribution in [1.82, 2.24) is 10.6 Å². The fourth-order valence-electron chi connectivity index (χ4n) is 2.31. The molecule has 0 aliphatic heterocycles. The molecule has 7 heteroatoms. The molecule has 0 aromatic heterocycles. The third-order valence-electron chi connectivity index (χ3n) is 3.82. The SMILES string of the molecule is CC(Oc1ccc(O)cc1)C(=O)NCCNC(=O)CCc1ccc(Cl)cc1. The molecule has 0 radical (unpaired) electrons. The first kappa shape index (κ1) is 20.6. The highest BCUT2D eigenvalue weighted by atomic mass is 35.5. The van der Waals surface area contributed by atoms with Crippen molar-refractivity contribution in [2.75, 3.05) is 13.1 Å². The zero-order valence-electron chi connectivity index (χ0n) is 15.1. The largest absolute Gasteiger partial charge is 0.508 e. The van der Waals surface area contributed by atoms with Crippen molar-refractivity contribution < 1.29 is 19.4 Å². The fraction of sp³-hybridized carbons (Fsp3) is 0.300. The van der Waals surface area contributed by atoms with Crippen molar-refractivity contribution in [3.05, 3.63) is 59.1 Å². The topological polar surface area (TPSA) is 87.7 Å². The van der Waals surface area contributed by atoms with E-state index in [1.807, 2.05) is 12.1 Å². The molecule has 0 heterocycles. The van der Waals surface area contributed by atoms with Gasteiger partial charge in [-0.05, 0) is 55.3 Å². The summed E-state index contributed by atoms with van der Waals surface area (Å²) in [7, 11) is 0. The van der Waals surface area contributed by atoms with Gasteiger partial charge in [0.2, 0.25) is 5.91 Å². The van der Waals surface area contributed by atoms with Gasteiger partial charge in [0.15, 0.2) is 6.10 Å². The Morgan fingerprint density at radius 3 is 2.33 bits per heavy atom. The number of amides is 2. The zero-order chi connectivity index (χ0) is 19.6. The lowest BCUT2D eigenvalue weighted by Crippen LogP contribution is -2.40. The average Bonchev–Trinajstić information content (AvgIpc) is 2.66. The molecule has 144 valence electrons. The van der Waals surface area contributed by atoms with E-state index in [0.717, 1.165) is 5.56 Å². The van der Waals surface area contributed by atoms with Crippen molar-refractivity contribution in [2.24, 2.45) is 0 Å². The maximum Gasteiger partial charge on any atom is 0.260 e. The van der Waals surface area contributed by atoms with Gasteiger partial charge in [0.1, 0.15) is 11.5 Å². The Bertz CT molecular complexity index is 748. The van der Waals surface area contributed by atoms with Crippen molar-refractivity contribution in [2.45, 2.75) is 25.9 Å². The summed E-state index contributed by atoms with van der Waals surface area (Å²) >= 11 is 5.83. The summed E-state index contributed by atoms with van der Waals surface area (Å²) in [5.41, 5.74) is 1.04. The van der Waals surface area contributed by atoms with Gasteiger partial charge in [0.05, 0.1) is 0 Å². The fourth-order valence-corrected chi connectivity index (χ4v) is 2.44. The van der Waals surface area contributed by atoms with Gasteiger partial charge in [-0.25, -0.2) is 0 Å². The van der Waals surface area contributed by atoms with Crippen LogP contribution in [0.2, 0.25) is 5.02 Å². The van der Waals surface area contributed by atoms with E-state index < -0.39 is 6.10 Å². The van der Waals surface area contributed by atoms with Crippen molar-refractivity contribution in [3.63, 3.8) is 0 Å². The van der Waals surface area contributed by atoms with E-state index in [1.165, 1.54) is 12.1 Å². The zero-order valence-corrected chi connectivity index (χ0v) is 15.8. The predicted molar refractivity (Wildman–Crippen MR) is 104 cm³/mol. The summed E-state index contributed by atoms with van der Waals surface area (Å²) < 4.78 is 5.49. The molecule has 2 amide bonds. The number of benzene rings is 2. The Morgan fingerprint density at radius 2 is 1.67 bits per heavy atom. The standard InChI is InChI=1S/C20H23ClN2O4/c1-14(27-18-9-7-17(24)8-10-18)20(26)23-13-12-22-19(25)11-4-15-2-5-16(21)6-3-15/h2-3,5-10,14,24H,4,11-13H2,1H3,(H,22,25)(H,23,26). The Morgan fingerprint density at radius 1 is 1.04 bits per heavy atom. The van der Waals surface area contributed by atoms with Gasteiger partial charge in [0, 0.05) is 24.5 Å². The molecule has 2 aromatic rings. The Balaban J connectivity index is 1.60. The Labute approximate surface area is 163 Å². The first-order chi connectivity index (χ1) is 12.9. The van der Waals surface area contributed by atoms with Crippen LogP contribution < -0.4 is 15.4 Å². The quantitative estimate of drug-likeness (QED) is 0.574. The van der Waals surface area contributed by atoms with E-state index in [9.17, 15) is 14.7 Å². The van der Waals surface area contributed by atoms with Gasteiger partial charge in [-0.1, -0.05) is 23.7 Å². The van der Waals surface area contributed by atoms with E-state index in [2.05, 4.69) is 10.6 Å². The number of carbonyl (C=O) groups is 2. The first-order valence-corrected chi connectivity index (χ1v) is 9.06. The molecule has 6 nitrogen and oxygen atoms in total. The highest BCUT2D eigenvalue weighted by molar-refractivity contribution is 6.30. The normalized spacial score (nSPS) is 11.5. The van der Waals surface area contributed by atoms with Crippen LogP contribution in [0.1, 0.15) is 18.9 Å². The molecule has 1 unspecified atom stereocenters. The van der Waals surface area contributed by atoms with Crippen LogP contribution >= 0.6 is 11.6 Å². The summed E-state index contributed by atoms with van der Waals surface area (Å²) in [6.07, 6.45) is 0.318. The van der Waals surface area contributed by atoms with Crippen molar-refractivity contribution >= 4 is 23.4 Å². The maximum atomic E-state index is 12.0. The molecule has 0 aliphatic carbocycles. The van der Waals surface area contributed by atoms with Gasteiger partial charge in [0.25, 0.3) is 5.91 Å². The molecular formula is C20H23ClN2O4. The number of halogens is 1. The smallest absolute Gasteiger partial charge is 0.260 e. The summed E-state index contributed by atoms with van der Waals surface area (Å²) in [6, 6.07) is 13.5. The van der Waals surface area contributed by atoms with E-state index in [-0.39, 0.29) is 17.6 Å². The van der Waals surface area contributed by atoms with Gasteiger partial charge in [-0.2, -0.15) is 0 Å². The van der Waals surface area contributed by atoms with Crippen molar-refractivity contribution in [1.29, 1.82) is 0 Å². The Hall–Kier alpha value is -2.73. The van der Waals surface area contributed by atoms with Gasteiger partial charge >= 0.3 is 0 Å². The Kier molecular flexibility index (Phi) is 7.95. The van der Waals surface area contributed by atoms with Gasteiger partial charge in [-0.15, -0.1) is 0 Å². The van der Waals surface area contributed by atoms with Crippen LogP contribution in [0.4, 0.5) is 0 Å². The number of ether oxygens (including phenoxy) is 1. The third-order valence-corrected chi connectivity index (χ3v) is 4.07. The van der Waals surface area contributed by atoms with Crippen LogP contribution in [-0.2, 0) is 16.0 Å². The lowest BCUT2D eigenvalue weighted by atomic mass is 10.1. The minimum Gasteiger partial charge on any atom is -0.508 e. The van der Waals surface area contributed by atoms with Crippen LogP contribution in [0.3, 0.4) is 0 Å². The lowest BCUT2D eigenvalue weighted by Gasteiger charge is -2.15. The molecule has 0 bridgehead atoms. The average molecular weight is 391 g/mol. The molecule has 0 saturated carbocycles. The number of hydrogen-bond donors (Lipinski definition) is 3. The van der Waals surface area contributed by atoms with Crippen LogP contribution in [0, 0.1) is 0 Å². The second kappa shape index (κ2) is 10.4. The number of carbonyl (C=O) groups excluding carboxylic acids is 2. The second-order valence-corrected chi connectivity index (χ2v) is 6.46. The monoisotopic (exact) mass is 390 g/mol. The molecule has 0 aliphatic rings. The molecule has 1 atom stereocenters. The minimum atomic E-state index is -0.685. The summed E-state index contributed by atoms with van der Waals surface area (Å²) in [6.45, 7) is 2.29. The maximum absolute atomic E-state index is 12.0. The number of rotatable bonds is 9. The number of phenols is 1. The molecular weight excluding hydrogens is 368 g/mol. The number of hydrogen-bond acceptors (Lipinski definition) is 4. The summed E-state index contributed by atoms with van der Waals surface area (Å²) in [5, 5.41) is 15.4. The third kappa shape index (κ3) is 7.58. The van der Waals surface area contributed by atoms with Crippen LogP contribution in [0.15, 0.2) is 48.5 Å². The number of aryl methyl sites for hydroxylation is 1. The lowest BCUT2D eigenvalue weighted by molar-refractivity contribution is -0.127. The summed E-state index contributed by atoms with van der Waals surface area (Å²) in [5.74, 6) is 0.267. The number of nitrogens with one attached hydrogen (secondary N) is 2. The summed E-state index contributed by atoms with van der Waals surface area (Å²) in [4.78, 5) is 23.8. The highest BCUT2D eigenvalue weighted by Crippen LogP contribution is 2.17. The predicted octanol–water partition coefficient (Wildman–Crippen LogP) is 2.68. The van der Waals surface area contributed by atoms with Crippen LogP contribution in [-0.4, -0.2) is 36.1 Å². The second-order valence-electron chi connectivity index (χ2n) is 6.02. The number of aromatic hydroxyl groups is 1. The van der Waals surface area contributed by atoms with E-state index in [4.69, 9.17) is 16.3 Å². The van der Waals surface area contributed by atoms with E-state index in [0.29, 0.717) is 36.7 Å². The van der Waals surface area contributed by atoms with Gasteiger partial charge in [-0.3, -0.25) is 9.59 Å². The van der Waals surface area contributed by atoms with E-state index >= 15 is 0 Å². The van der Waals surface area contributed by atoms with Gasteiger partial charge < -0.3 is 20.5 Å². The van der Waals surface area contributed by atoms with Crippen LogP contribution in [0.5, 0.6) is 11.5 Å². The number of phenolic OH excluding ortho intramolecular Hbond substituents is 1. The molecule has 27 heavy (non-hydrogen) atoms. The molecule has 0 saturated heterocycles. The molecule has 2 rings (SSSR count). The molecule has 3 N–H and O–H groups in total. The minimum absolute atomic E-state index is 0.0763. The molecule has 0 fully saturated rings. The highest BCUT2D eigenvalue weighted by Gasteiger charge is 2.14. The molecule has 2 aromatic carbocycles. The van der Waals surface area contributed by atoms with Crippen LogP contribution in [0.25, 0.3) is 0 Å².